The van der Waals surface area contributed by atoms with Gasteiger partial charge in [-0.25, -0.2) is 0 Å². The molecule has 0 aliphatic heterocycles. The maximum absolute atomic E-state index is 9.91. The molecule has 104 valence electrons. The number of halogens is 5. The van der Waals surface area contributed by atoms with E-state index in [0.29, 0.717) is 0 Å². The van der Waals surface area contributed by atoms with E-state index in [0.717, 1.165) is 0 Å². The molecule has 0 amide bonds. The minimum Gasteiger partial charge on any atom is -0.0619 e. The van der Waals surface area contributed by atoms with Crippen molar-refractivity contribution in [3.8, 4) is 0 Å². The number of rotatable bonds is 2. The molecule has 7 heteroatoms. The fourth-order valence-corrected chi connectivity index (χ4v) is 2.09. The Bertz CT molecular complexity index is 441. The first-order chi connectivity index (χ1) is 8.69. The van der Waals surface area contributed by atoms with E-state index in [1.807, 2.05) is 12.1 Å². The Labute approximate surface area is 116 Å². The van der Waals surface area contributed by atoms with Crippen LogP contribution in [0.2, 0.25) is 0 Å². The minimum absolute atomic E-state index is 1.28. The molecule has 0 heterocycles. The number of hydrogen-bond acceptors (Lipinski definition) is 0. The molecular formula is C12H11F5SSb+. The van der Waals surface area contributed by atoms with Gasteiger partial charge in [-0.15, -0.1) is 0 Å². The predicted molar refractivity (Wildman–Crippen MR) is 69.5 cm³/mol. The number of benzene rings is 2. The number of hydrogen-bond donors (Lipinski definition) is 0. The predicted octanol–water partition coefficient (Wildman–Crippen LogP) is 4.64. The molecule has 0 aromatic heterocycles. The Kier molecular flexibility index (Phi) is 5.68. The van der Waals surface area contributed by atoms with Crippen LogP contribution in [0.4, 0.5) is 14.1 Å². The molecule has 0 saturated carbocycles. The van der Waals surface area contributed by atoms with E-state index in [1.54, 1.807) is 0 Å². The first-order valence-electron chi connectivity index (χ1n) is 5.11. The monoisotopic (exact) mass is 403 g/mol. The summed E-state index contributed by atoms with van der Waals surface area (Å²) in [5.74, 6) is 0. The average Bonchev–Trinajstić information content (AvgIpc) is 2.28. The van der Waals surface area contributed by atoms with Crippen LogP contribution < -0.4 is 0 Å². The zero-order valence-corrected chi connectivity index (χ0v) is 13.0. The van der Waals surface area contributed by atoms with Crippen molar-refractivity contribution >= 4 is 32.1 Å². The first kappa shape index (κ1) is 16.3. The second-order valence-electron chi connectivity index (χ2n) is 3.42. The molecule has 2 aromatic carbocycles. The third-order valence-corrected chi connectivity index (χ3v) is 2.88. The standard InChI is InChI=1S/C12H10S.5FH.Sb/c1-3-7-11(8-4-1)13-12-9-5-2-6-10-12;;;;;;/h1-10H;5*1H;/q;;;;;;+5/p-4. The van der Waals surface area contributed by atoms with E-state index in [1.165, 1.54) is 21.6 Å². The van der Waals surface area contributed by atoms with Gasteiger partial charge in [-0.3, -0.25) is 0 Å². The van der Waals surface area contributed by atoms with Crippen molar-refractivity contribution in [2.75, 3.05) is 0 Å². The van der Waals surface area contributed by atoms with Gasteiger partial charge in [0, 0.05) is 11.8 Å². The second-order valence-corrected chi connectivity index (χ2v) is 8.33. The summed E-state index contributed by atoms with van der Waals surface area (Å²) >= 11 is -7.91. The molecule has 0 N–H and O–H groups in total. The van der Waals surface area contributed by atoms with Gasteiger partial charge in [-0.05, 0) is 24.3 Å². The van der Waals surface area contributed by atoms with Gasteiger partial charge in [0.25, 0.3) is 0 Å². The largest absolute Gasteiger partial charge is 0.158 e. The third-order valence-electron chi connectivity index (χ3n) is 1.77. The van der Waals surface area contributed by atoms with E-state index < -0.39 is 20.3 Å². The molecule has 0 saturated heterocycles. The summed E-state index contributed by atoms with van der Waals surface area (Å²) in [6.45, 7) is 0. The van der Waals surface area contributed by atoms with Gasteiger partial charge in [0.15, 0.2) is 9.79 Å². The summed E-state index contributed by atoms with van der Waals surface area (Å²) in [4.78, 5) is 2.68. The van der Waals surface area contributed by atoms with Crippen molar-refractivity contribution in [1.29, 1.82) is 0 Å². The quantitative estimate of drug-likeness (QED) is 0.296. The fourth-order valence-electron chi connectivity index (χ4n) is 1.15. The molecular weight excluding hydrogens is 393 g/mol. The van der Waals surface area contributed by atoms with Crippen LogP contribution in [0.15, 0.2) is 70.5 Å². The number of thiol groups is 1. The molecule has 0 atom stereocenters. The summed E-state index contributed by atoms with van der Waals surface area (Å²) in [7, 11) is 0. The molecule has 0 fully saturated rings. The van der Waals surface area contributed by atoms with E-state index in [9.17, 15) is 14.1 Å². The van der Waals surface area contributed by atoms with Gasteiger partial charge in [-0.1, -0.05) is 36.4 Å². The van der Waals surface area contributed by atoms with Gasteiger partial charge in [0.1, 0.15) is 0 Å². The summed E-state index contributed by atoms with van der Waals surface area (Å²) in [5, 5.41) is 0. The second kappa shape index (κ2) is 6.62. The molecule has 0 radical (unpaired) electrons. The minimum atomic E-state index is -9.19. The topological polar surface area (TPSA) is 0 Å². The summed E-state index contributed by atoms with van der Waals surface area (Å²) in [6, 6.07) is 21.0. The van der Waals surface area contributed by atoms with Crippen molar-refractivity contribution in [1.82, 2.24) is 0 Å². The molecule has 0 spiro atoms. The molecule has 19 heavy (non-hydrogen) atoms. The van der Waals surface area contributed by atoms with Crippen LogP contribution >= 0.6 is 0 Å². The molecule has 0 bridgehead atoms. The Hall–Kier alpha value is -0.742. The van der Waals surface area contributed by atoms with E-state index in [-0.39, 0.29) is 0 Å². The third kappa shape index (κ3) is 10.8. The fraction of sp³-hybridized carbons (Fsp3) is 0. The van der Waals surface area contributed by atoms with Gasteiger partial charge in [-0.2, -0.15) is 0 Å². The van der Waals surface area contributed by atoms with Crippen LogP contribution in [0.25, 0.3) is 0 Å². The Morgan fingerprint density at radius 2 is 0.842 bits per heavy atom. The molecule has 2 aromatic rings. The zero-order valence-electron chi connectivity index (χ0n) is 9.56. The van der Waals surface area contributed by atoms with Gasteiger partial charge in [0.05, 0.1) is 0 Å². The molecule has 0 aliphatic carbocycles. The van der Waals surface area contributed by atoms with Crippen LogP contribution in [0.3, 0.4) is 0 Å². The summed E-state index contributed by atoms with van der Waals surface area (Å²) in [6.07, 6.45) is 0. The molecule has 2 rings (SSSR count). The van der Waals surface area contributed by atoms with Crippen LogP contribution in [0.5, 0.6) is 0 Å². The van der Waals surface area contributed by atoms with E-state index >= 15 is 0 Å². The Morgan fingerprint density at radius 1 is 0.579 bits per heavy atom. The maximum Gasteiger partial charge on any atom is 0.158 e. The average molecular weight is 404 g/mol. The normalized spacial score (nSPS) is 12.8. The SMILES string of the molecule is [F][Sb]([F])([F])([F])[F].c1ccc([SH+]c2ccccc2)cc1. The molecule has 0 aliphatic rings. The Balaban J connectivity index is 0.000000258. The summed E-state index contributed by atoms with van der Waals surface area (Å²) in [5.41, 5.74) is 0. The zero-order chi connectivity index (χ0) is 14.4. The van der Waals surface area contributed by atoms with Crippen molar-refractivity contribution < 1.29 is 14.1 Å². The van der Waals surface area contributed by atoms with Gasteiger partial charge < -0.3 is 0 Å². The van der Waals surface area contributed by atoms with Crippen molar-refractivity contribution in [2.45, 2.75) is 9.79 Å². The van der Waals surface area contributed by atoms with Crippen molar-refractivity contribution in [2.24, 2.45) is 0 Å². The first-order valence-corrected chi connectivity index (χ1v) is 10.8. The molecule has 0 nitrogen and oxygen atoms in total. The van der Waals surface area contributed by atoms with Crippen molar-refractivity contribution in [3.63, 3.8) is 0 Å². The van der Waals surface area contributed by atoms with Crippen molar-refractivity contribution in [3.05, 3.63) is 60.7 Å². The van der Waals surface area contributed by atoms with Gasteiger partial charge in [0.2, 0.25) is 0 Å². The van der Waals surface area contributed by atoms with Gasteiger partial charge >= 0.3 is 34.4 Å². The van der Waals surface area contributed by atoms with E-state index in [2.05, 4.69) is 48.5 Å². The van der Waals surface area contributed by atoms with Crippen LogP contribution in [-0.4, -0.2) is 20.3 Å². The van der Waals surface area contributed by atoms with Crippen LogP contribution in [0, 0.1) is 0 Å². The molecule has 0 unspecified atom stereocenters. The summed E-state index contributed by atoms with van der Waals surface area (Å²) < 4.78 is 49.6. The maximum atomic E-state index is 9.91. The smallest absolute Gasteiger partial charge is 0.0619 e. The van der Waals surface area contributed by atoms with E-state index in [4.69, 9.17) is 0 Å². The van der Waals surface area contributed by atoms with Crippen LogP contribution in [0.1, 0.15) is 0 Å². The Morgan fingerprint density at radius 3 is 1.11 bits per heavy atom. The van der Waals surface area contributed by atoms with Crippen LogP contribution in [-0.2, 0) is 11.8 Å².